The Balaban J connectivity index is 1.85. The van der Waals surface area contributed by atoms with E-state index in [1.165, 1.54) is 5.56 Å². The van der Waals surface area contributed by atoms with Crippen LogP contribution in [0, 0.1) is 6.92 Å². The standard InChI is InChI=1S/C18H17NO/c1-13-3-7-15-12-17(20-18(15)11-13)10-6-14-4-8-16(19-2)9-5-14/h3-12,19H,1-2H3/b10-6+. The minimum atomic E-state index is 0.878. The fourth-order valence-corrected chi connectivity index (χ4v) is 2.18. The van der Waals surface area contributed by atoms with Gasteiger partial charge in [0.05, 0.1) is 0 Å². The van der Waals surface area contributed by atoms with Crippen molar-refractivity contribution in [3.63, 3.8) is 0 Å². The number of furan rings is 1. The first-order valence-corrected chi connectivity index (χ1v) is 6.71. The highest BCUT2D eigenvalue weighted by atomic mass is 16.3. The second-order valence-electron chi connectivity index (χ2n) is 4.90. The van der Waals surface area contributed by atoms with Crippen LogP contribution in [0.1, 0.15) is 16.9 Å². The van der Waals surface area contributed by atoms with Gasteiger partial charge in [-0.2, -0.15) is 0 Å². The van der Waals surface area contributed by atoms with Crippen molar-refractivity contribution in [3.8, 4) is 0 Å². The molecule has 0 saturated carbocycles. The lowest BCUT2D eigenvalue weighted by Crippen LogP contribution is -1.86. The van der Waals surface area contributed by atoms with E-state index in [9.17, 15) is 0 Å². The molecular formula is C18H17NO. The van der Waals surface area contributed by atoms with Crippen LogP contribution < -0.4 is 5.32 Å². The molecule has 0 aliphatic heterocycles. The average molecular weight is 263 g/mol. The van der Waals surface area contributed by atoms with Crippen LogP contribution in [0.4, 0.5) is 5.69 Å². The van der Waals surface area contributed by atoms with E-state index >= 15 is 0 Å². The number of nitrogens with one attached hydrogen (secondary N) is 1. The highest BCUT2D eigenvalue weighted by molar-refractivity contribution is 5.82. The maximum absolute atomic E-state index is 5.82. The summed E-state index contributed by atoms with van der Waals surface area (Å²) in [4.78, 5) is 0. The van der Waals surface area contributed by atoms with Gasteiger partial charge in [0.2, 0.25) is 0 Å². The van der Waals surface area contributed by atoms with Gasteiger partial charge in [-0.15, -0.1) is 0 Å². The topological polar surface area (TPSA) is 25.2 Å². The summed E-state index contributed by atoms with van der Waals surface area (Å²) in [5.41, 5.74) is 4.42. The number of hydrogen-bond acceptors (Lipinski definition) is 2. The quantitative estimate of drug-likeness (QED) is 0.723. The first kappa shape index (κ1) is 12.5. The molecule has 0 radical (unpaired) electrons. The zero-order chi connectivity index (χ0) is 13.9. The molecule has 3 rings (SSSR count). The van der Waals surface area contributed by atoms with E-state index in [2.05, 4.69) is 66.8 Å². The Morgan fingerprint density at radius 3 is 2.50 bits per heavy atom. The Morgan fingerprint density at radius 1 is 0.950 bits per heavy atom. The minimum absolute atomic E-state index is 0.878. The molecule has 1 heterocycles. The van der Waals surface area contributed by atoms with Crippen molar-refractivity contribution < 1.29 is 4.42 Å². The van der Waals surface area contributed by atoms with Gasteiger partial charge in [0.25, 0.3) is 0 Å². The van der Waals surface area contributed by atoms with E-state index in [1.807, 2.05) is 13.1 Å². The third-order valence-corrected chi connectivity index (χ3v) is 3.33. The number of anilines is 1. The van der Waals surface area contributed by atoms with Crippen LogP contribution in [0.3, 0.4) is 0 Å². The zero-order valence-corrected chi connectivity index (χ0v) is 11.7. The predicted molar refractivity (Wildman–Crippen MR) is 85.9 cm³/mol. The second-order valence-corrected chi connectivity index (χ2v) is 4.90. The molecule has 2 nitrogen and oxygen atoms in total. The van der Waals surface area contributed by atoms with Crippen LogP contribution in [0.5, 0.6) is 0 Å². The molecule has 0 aliphatic rings. The molecule has 0 saturated heterocycles. The summed E-state index contributed by atoms with van der Waals surface area (Å²) in [6, 6.07) is 16.6. The maximum Gasteiger partial charge on any atom is 0.135 e. The molecule has 1 aromatic heterocycles. The largest absolute Gasteiger partial charge is 0.457 e. The van der Waals surface area contributed by atoms with Crippen molar-refractivity contribution in [3.05, 3.63) is 65.4 Å². The summed E-state index contributed by atoms with van der Waals surface area (Å²) in [7, 11) is 1.92. The highest BCUT2D eigenvalue weighted by Crippen LogP contribution is 2.22. The molecule has 0 amide bonds. The van der Waals surface area contributed by atoms with E-state index in [1.54, 1.807) is 0 Å². The SMILES string of the molecule is CNc1ccc(/C=C/c2cc3ccc(C)cc3o2)cc1. The molecule has 0 fully saturated rings. The normalized spacial score (nSPS) is 11.3. The number of rotatable bonds is 3. The van der Waals surface area contributed by atoms with Crippen molar-refractivity contribution in [1.29, 1.82) is 0 Å². The molecule has 2 aromatic carbocycles. The van der Waals surface area contributed by atoms with Gasteiger partial charge in [-0.3, -0.25) is 0 Å². The van der Waals surface area contributed by atoms with Crippen molar-refractivity contribution in [2.75, 3.05) is 12.4 Å². The van der Waals surface area contributed by atoms with Crippen LogP contribution in [0.15, 0.2) is 52.9 Å². The molecule has 0 atom stereocenters. The Kier molecular flexibility index (Phi) is 3.30. The molecule has 20 heavy (non-hydrogen) atoms. The Labute approximate surface area is 118 Å². The van der Waals surface area contributed by atoms with Crippen LogP contribution in [0.25, 0.3) is 23.1 Å². The van der Waals surface area contributed by atoms with Crippen molar-refractivity contribution in [2.45, 2.75) is 6.92 Å². The zero-order valence-electron chi connectivity index (χ0n) is 11.7. The third kappa shape index (κ3) is 2.59. The molecule has 0 unspecified atom stereocenters. The average Bonchev–Trinajstić information content (AvgIpc) is 2.87. The number of fused-ring (bicyclic) bond motifs is 1. The summed E-state index contributed by atoms with van der Waals surface area (Å²) in [6.07, 6.45) is 4.06. The molecule has 3 aromatic rings. The third-order valence-electron chi connectivity index (χ3n) is 3.33. The van der Waals surface area contributed by atoms with E-state index in [-0.39, 0.29) is 0 Å². The van der Waals surface area contributed by atoms with Crippen LogP contribution in [-0.2, 0) is 0 Å². The van der Waals surface area contributed by atoms with Gasteiger partial charge < -0.3 is 9.73 Å². The fourth-order valence-electron chi connectivity index (χ4n) is 2.18. The van der Waals surface area contributed by atoms with E-state index in [4.69, 9.17) is 4.42 Å². The lowest BCUT2D eigenvalue weighted by molar-refractivity contribution is 0.604. The second kappa shape index (κ2) is 5.25. The summed E-state index contributed by atoms with van der Waals surface area (Å²) < 4.78 is 5.82. The van der Waals surface area contributed by atoms with Gasteiger partial charge in [0, 0.05) is 18.1 Å². The Hall–Kier alpha value is -2.48. The number of benzene rings is 2. The van der Waals surface area contributed by atoms with E-state index in [0.29, 0.717) is 0 Å². The molecule has 0 spiro atoms. The molecule has 2 heteroatoms. The molecule has 0 aliphatic carbocycles. The Bertz CT molecular complexity index is 751. The van der Waals surface area contributed by atoms with Gasteiger partial charge >= 0.3 is 0 Å². The smallest absolute Gasteiger partial charge is 0.135 e. The maximum atomic E-state index is 5.82. The molecule has 1 N–H and O–H groups in total. The van der Waals surface area contributed by atoms with Gasteiger partial charge in [-0.25, -0.2) is 0 Å². The fraction of sp³-hybridized carbons (Fsp3) is 0.111. The lowest BCUT2D eigenvalue weighted by Gasteiger charge is -1.98. The summed E-state index contributed by atoms with van der Waals surface area (Å²) in [5, 5.41) is 4.25. The number of hydrogen-bond donors (Lipinski definition) is 1. The highest BCUT2D eigenvalue weighted by Gasteiger charge is 2.00. The molecule has 100 valence electrons. The van der Waals surface area contributed by atoms with Crippen LogP contribution >= 0.6 is 0 Å². The Morgan fingerprint density at radius 2 is 1.75 bits per heavy atom. The van der Waals surface area contributed by atoms with Crippen molar-refractivity contribution in [1.82, 2.24) is 0 Å². The van der Waals surface area contributed by atoms with Gasteiger partial charge in [-0.05, 0) is 48.4 Å². The van der Waals surface area contributed by atoms with Gasteiger partial charge in [0.15, 0.2) is 0 Å². The summed E-state index contributed by atoms with van der Waals surface area (Å²) in [6.45, 7) is 2.07. The monoisotopic (exact) mass is 263 g/mol. The van der Waals surface area contributed by atoms with Crippen molar-refractivity contribution in [2.24, 2.45) is 0 Å². The first-order chi connectivity index (χ1) is 9.74. The first-order valence-electron chi connectivity index (χ1n) is 6.71. The van der Waals surface area contributed by atoms with Crippen LogP contribution in [-0.4, -0.2) is 7.05 Å². The van der Waals surface area contributed by atoms with Gasteiger partial charge in [0.1, 0.15) is 11.3 Å². The van der Waals surface area contributed by atoms with Gasteiger partial charge in [-0.1, -0.05) is 30.3 Å². The summed E-state index contributed by atoms with van der Waals surface area (Å²) >= 11 is 0. The molecule has 0 bridgehead atoms. The lowest BCUT2D eigenvalue weighted by atomic mass is 10.1. The summed E-state index contributed by atoms with van der Waals surface area (Å²) in [5.74, 6) is 0.878. The van der Waals surface area contributed by atoms with E-state index < -0.39 is 0 Å². The predicted octanol–water partition coefficient (Wildman–Crippen LogP) is 4.95. The molecular weight excluding hydrogens is 246 g/mol. The van der Waals surface area contributed by atoms with E-state index in [0.717, 1.165) is 28.0 Å². The number of aryl methyl sites for hydroxylation is 1. The van der Waals surface area contributed by atoms with Crippen LogP contribution in [0.2, 0.25) is 0 Å². The van der Waals surface area contributed by atoms with Crippen molar-refractivity contribution >= 4 is 28.8 Å². The minimum Gasteiger partial charge on any atom is -0.457 e.